The predicted octanol–water partition coefficient (Wildman–Crippen LogP) is 5.90. The quantitative estimate of drug-likeness (QED) is 0.238. The molecule has 0 bridgehead atoms. The molecule has 0 heterocycles. The Balaban J connectivity index is 0.00000272. The first-order chi connectivity index (χ1) is 15.2. The number of hydrogen-bond acceptors (Lipinski definition) is 4. The molecule has 0 radical (unpaired) electrons. The van der Waals surface area contributed by atoms with Crippen LogP contribution < -0.4 is 5.32 Å². The van der Waals surface area contributed by atoms with Gasteiger partial charge in [0, 0.05) is 6.04 Å². The minimum absolute atomic E-state index is 0. The second-order valence-corrected chi connectivity index (χ2v) is 8.94. The van der Waals surface area contributed by atoms with Crippen molar-refractivity contribution in [3.63, 3.8) is 0 Å². The van der Waals surface area contributed by atoms with E-state index in [0.29, 0.717) is 6.04 Å². The monoisotopic (exact) mass is 496 g/mol. The Kier molecular flexibility index (Phi) is 14.5. The lowest BCUT2D eigenvalue weighted by Crippen LogP contribution is -2.40. The Morgan fingerprint density at radius 2 is 1.58 bits per heavy atom. The van der Waals surface area contributed by atoms with E-state index in [0.717, 1.165) is 45.3 Å². The van der Waals surface area contributed by atoms with Gasteiger partial charge in [-0.15, -0.1) is 24.8 Å². The minimum Gasteiger partial charge on any atom is -0.504 e. The maximum Gasteiger partial charge on any atom is 0.157 e. The van der Waals surface area contributed by atoms with Crippen LogP contribution in [-0.4, -0.2) is 47.3 Å². The molecule has 2 aromatic carbocycles. The van der Waals surface area contributed by atoms with Crippen molar-refractivity contribution < 1.29 is 10.2 Å². The lowest BCUT2D eigenvalue weighted by atomic mass is 9.87. The highest BCUT2D eigenvalue weighted by Gasteiger charge is 2.24. The van der Waals surface area contributed by atoms with Crippen molar-refractivity contribution in [2.75, 3.05) is 26.2 Å². The number of phenolic OH excluding ortho intramolecular Hbond substituents is 2. The summed E-state index contributed by atoms with van der Waals surface area (Å²) in [6.07, 6.45) is 10.5. The molecular weight excluding hydrogens is 455 g/mol. The number of phenols is 2. The zero-order chi connectivity index (χ0) is 21.9. The molecule has 1 atom stereocenters. The van der Waals surface area contributed by atoms with Gasteiger partial charge in [-0.2, -0.15) is 0 Å². The Labute approximate surface area is 212 Å². The van der Waals surface area contributed by atoms with Crippen molar-refractivity contribution in [2.24, 2.45) is 0 Å². The van der Waals surface area contributed by atoms with Crippen molar-refractivity contribution in [2.45, 2.75) is 70.8 Å². The van der Waals surface area contributed by atoms with Crippen LogP contribution in [0.3, 0.4) is 0 Å². The molecule has 33 heavy (non-hydrogen) atoms. The summed E-state index contributed by atoms with van der Waals surface area (Å²) < 4.78 is 0. The van der Waals surface area contributed by atoms with E-state index in [9.17, 15) is 10.2 Å². The Bertz CT molecular complexity index is 789. The van der Waals surface area contributed by atoms with Crippen LogP contribution in [0.25, 0.3) is 0 Å². The largest absolute Gasteiger partial charge is 0.504 e. The van der Waals surface area contributed by atoms with Crippen molar-refractivity contribution in [3.8, 4) is 11.5 Å². The highest BCUT2D eigenvalue weighted by Crippen LogP contribution is 2.33. The van der Waals surface area contributed by atoms with E-state index in [1.54, 1.807) is 12.1 Å². The summed E-state index contributed by atoms with van der Waals surface area (Å²) in [6.45, 7) is 6.74. The number of aromatic hydroxyl groups is 2. The van der Waals surface area contributed by atoms with E-state index >= 15 is 0 Å². The van der Waals surface area contributed by atoms with E-state index in [1.165, 1.54) is 55.3 Å². The van der Waals surface area contributed by atoms with Gasteiger partial charge < -0.3 is 20.4 Å². The number of fused-ring (bicyclic) bond motifs is 1. The molecule has 0 amide bonds. The molecule has 186 valence electrons. The fraction of sp³-hybridized carbons (Fsp3) is 0.556. The summed E-state index contributed by atoms with van der Waals surface area (Å²) in [5.74, 6) is 0.0241. The fourth-order valence-electron chi connectivity index (χ4n) is 4.76. The number of nitrogens with one attached hydrogen (secondary N) is 1. The van der Waals surface area contributed by atoms with Gasteiger partial charge in [-0.05, 0) is 99.9 Å². The van der Waals surface area contributed by atoms with Crippen LogP contribution >= 0.6 is 24.8 Å². The third kappa shape index (κ3) is 9.74. The maximum atomic E-state index is 9.87. The Morgan fingerprint density at radius 3 is 2.30 bits per heavy atom. The molecular formula is C27H42Cl2N2O2. The molecule has 3 N–H and O–H groups in total. The van der Waals surface area contributed by atoms with E-state index < -0.39 is 0 Å². The second kappa shape index (κ2) is 16.2. The molecule has 3 rings (SSSR count). The van der Waals surface area contributed by atoms with Gasteiger partial charge in [0.2, 0.25) is 0 Å². The number of nitrogens with zero attached hydrogens (tertiary/aromatic N) is 1. The third-order valence-corrected chi connectivity index (χ3v) is 6.51. The third-order valence-electron chi connectivity index (χ3n) is 6.51. The second-order valence-electron chi connectivity index (χ2n) is 8.94. The molecule has 0 aliphatic heterocycles. The van der Waals surface area contributed by atoms with E-state index in [-0.39, 0.29) is 36.3 Å². The molecule has 0 saturated carbocycles. The minimum atomic E-state index is 0. The molecule has 1 aliphatic carbocycles. The maximum absolute atomic E-state index is 9.87. The first-order valence-electron chi connectivity index (χ1n) is 12.2. The summed E-state index contributed by atoms with van der Waals surface area (Å²) in [5.41, 5.74) is 3.81. The normalized spacial score (nSPS) is 14.9. The van der Waals surface area contributed by atoms with Gasteiger partial charge in [-0.1, -0.05) is 50.1 Å². The van der Waals surface area contributed by atoms with Crippen molar-refractivity contribution in [1.82, 2.24) is 10.2 Å². The predicted molar refractivity (Wildman–Crippen MR) is 143 cm³/mol. The van der Waals surface area contributed by atoms with Gasteiger partial charge in [-0.3, -0.25) is 0 Å². The summed E-state index contributed by atoms with van der Waals surface area (Å²) >= 11 is 0. The van der Waals surface area contributed by atoms with E-state index in [1.807, 2.05) is 0 Å². The van der Waals surface area contributed by atoms with Crippen molar-refractivity contribution in [3.05, 3.63) is 59.2 Å². The number of aryl methyl sites for hydroxylation is 1. The van der Waals surface area contributed by atoms with Crippen LogP contribution in [0.5, 0.6) is 11.5 Å². The van der Waals surface area contributed by atoms with Crippen LogP contribution in [0.2, 0.25) is 0 Å². The van der Waals surface area contributed by atoms with Crippen LogP contribution in [0.15, 0.2) is 42.5 Å². The first kappa shape index (κ1) is 29.6. The SMILES string of the molecule is CCCN(CCCCCCNCCc1ccccc1)[C@H]1CCc2cc(O)c(O)cc2C1.Cl.Cl. The highest BCUT2D eigenvalue weighted by molar-refractivity contribution is 5.85. The summed E-state index contributed by atoms with van der Waals surface area (Å²) in [4.78, 5) is 2.66. The molecule has 0 saturated heterocycles. The van der Waals surface area contributed by atoms with E-state index in [2.05, 4.69) is 47.5 Å². The fourth-order valence-corrected chi connectivity index (χ4v) is 4.76. The number of halogens is 2. The van der Waals surface area contributed by atoms with Gasteiger partial charge in [0.1, 0.15) is 0 Å². The molecule has 0 spiro atoms. The van der Waals surface area contributed by atoms with Crippen molar-refractivity contribution in [1.29, 1.82) is 0 Å². The molecule has 0 unspecified atom stereocenters. The molecule has 4 nitrogen and oxygen atoms in total. The van der Waals surface area contributed by atoms with Crippen LogP contribution in [-0.2, 0) is 19.3 Å². The first-order valence-corrected chi connectivity index (χ1v) is 12.2. The molecule has 0 fully saturated rings. The number of hydrogen-bond donors (Lipinski definition) is 3. The molecule has 2 aromatic rings. The smallest absolute Gasteiger partial charge is 0.157 e. The average Bonchev–Trinajstić information content (AvgIpc) is 2.78. The summed E-state index contributed by atoms with van der Waals surface area (Å²) in [6, 6.07) is 14.8. The van der Waals surface area contributed by atoms with Crippen LogP contribution in [0, 0.1) is 0 Å². The zero-order valence-electron chi connectivity index (χ0n) is 20.0. The number of rotatable bonds is 13. The molecule has 0 aromatic heterocycles. The van der Waals surface area contributed by atoms with Crippen molar-refractivity contribution >= 4 is 24.8 Å². The molecule has 6 heteroatoms. The van der Waals surface area contributed by atoms with Gasteiger partial charge >= 0.3 is 0 Å². The van der Waals surface area contributed by atoms with Gasteiger partial charge in [0.05, 0.1) is 0 Å². The van der Waals surface area contributed by atoms with Crippen LogP contribution in [0.4, 0.5) is 0 Å². The van der Waals surface area contributed by atoms with Gasteiger partial charge in [0.15, 0.2) is 11.5 Å². The topological polar surface area (TPSA) is 55.7 Å². The standard InChI is InChI=1S/C27H40N2O2.2ClH/c1-2-17-29(25-13-12-23-20-26(30)27(31)21-24(23)19-25)18-9-4-3-8-15-28-16-14-22-10-6-5-7-11-22;;/h5-7,10-11,20-21,25,28,30-31H,2-4,8-9,12-19H2,1H3;2*1H/t25-;;/m0../s1. The van der Waals surface area contributed by atoms with Gasteiger partial charge in [-0.25, -0.2) is 0 Å². The number of benzene rings is 2. The zero-order valence-corrected chi connectivity index (χ0v) is 21.6. The highest BCUT2D eigenvalue weighted by atomic mass is 35.5. The summed E-state index contributed by atoms with van der Waals surface area (Å²) in [5, 5.41) is 23.2. The lowest BCUT2D eigenvalue weighted by Gasteiger charge is -2.35. The Morgan fingerprint density at radius 1 is 0.879 bits per heavy atom. The number of unbranched alkanes of at least 4 members (excludes halogenated alkanes) is 3. The average molecular weight is 498 g/mol. The van der Waals surface area contributed by atoms with Crippen LogP contribution in [0.1, 0.15) is 62.1 Å². The lowest BCUT2D eigenvalue weighted by molar-refractivity contribution is 0.176. The molecule has 1 aliphatic rings. The summed E-state index contributed by atoms with van der Waals surface area (Å²) in [7, 11) is 0. The van der Waals surface area contributed by atoms with E-state index in [4.69, 9.17) is 0 Å². The Hall–Kier alpha value is -1.46. The van der Waals surface area contributed by atoms with Gasteiger partial charge in [0.25, 0.3) is 0 Å².